The van der Waals surface area contributed by atoms with E-state index in [9.17, 15) is 4.79 Å². The van der Waals surface area contributed by atoms with E-state index >= 15 is 0 Å². The summed E-state index contributed by atoms with van der Waals surface area (Å²) < 4.78 is 4.98. The zero-order valence-electron chi connectivity index (χ0n) is 13.6. The predicted octanol–water partition coefficient (Wildman–Crippen LogP) is 4.97. The van der Waals surface area contributed by atoms with E-state index in [0.717, 1.165) is 25.7 Å². The summed E-state index contributed by atoms with van der Waals surface area (Å²) in [6.45, 7) is 15.1. The molecule has 1 aliphatic rings. The molecule has 20 heavy (non-hydrogen) atoms. The number of rotatable bonds is 5. The minimum Gasteiger partial charge on any atom is -0.463 e. The Balaban J connectivity index is 2.64. The van der Waals surface area contributed by atoms with Crippen LogP contribution in [0, 0.1) is 5.41 Å². The Hall–Kier alpha value is -1.31. The third kappa shape index (κ3) is 4.66. The molecule has 0 radical (unpaired) electrons. The van der Waals surface area contributed by atoms with Crippen LogP contribution >= 0.6 is 0 Å². The van der Waals surface area contributed by atoms with Gasteiger partial charge in [0.1, 0.15) is 0 Å². The first-order chi connectivity index (χ1) is 9.26. The van der Waals surface area contributed by atoms with E-state index < -0.39 is 0 Å². The fourth-order valence-corrected chi connectivity index (χ4v) is 3.02. The van der Waals surface area contributed by atoms with Crippen molar-refractivity contribution in [3.05, 3.63) is 34.9 Å². The molecule has 0 spiro atoms. The molecule has 112 valence electrons. The summed E-state index contributed by atoms with van der Waals surface area (Å²) in [5.41, 5.74) is 5.15. The second-order valence-corrected chi connectivity index (χ2v) is 6.53. The average molecular weight is 276 g/mol. The van der Waals surface area contributed by atoms with E-state index in [1.807, 2.05) is 19.9 Å². The lowest BCUT2D eigenvalue weighted by Gasteiger charge is -2.33. The fourth-order valence-electron chi connectivity index (χ4n) is 3.02. The lowest BCUT2D eigenvalue weighted by atomic mass is 9.72. The standard InChI is InChI=1S/C18H28O2/c1-7-20-17(19)13(2)9-8-10-16-14(3)11-18(5,6)12-15(16)4/h9H,3,7-8,10-12H2,1-2,4-6H3/b13-9-. The van der Waals surface area contributed by atoms with Crippen LogP contribution in [-0.2, 0) is 9.53 Å². The van der Waals surface area contributed by atoms with Crippen LogP contribution in [0.4, 0.5) is 0 Å². The van der Waals surface area contributed by atoms with Crippen molar-refractivity contribution < 1.29 is 9.53 Å². The zero-order valence-corrected chi connectivity index (χ0v) is 13.6. The largest absolute Gasteiger partial charge is 0.463 e. The number of allylic oxidation sites excluding steroid dienone is 4. The molecule has 0 unspecified atom stereocenters. The van der Waals surface area contributed by atoms with E-state index in [1.165, 1.54) is 16.7 Å². The summed E-state index contributed by atoms with van der Waals surface area (Å²) in [4.78, 5) is 11.5. The number of ether oxygens (including phenoxy) is 1. The summed E-state index contributed by atoms with van der Waals surface area (Å²) in [7, 11) is 0. The van der Waals surface area contributed by atoms with Gasteiger partial charge in [0.15, 0.2) is 0 Å². The highest BCUT2D eigenvalue weighted by molar-refractivity contribution is 5.87. The van der Waals surface area contributed by atoms with Gasteiger partial charge in [-0.2, -0.15) is 0 Å². The maximum absolute atomic E-state index is 11.5. The van der Waals surface area contributed by atoms with Gasteiger partial charge in [-0.3, -0.25) is 0 Å². The second kappa shape index (κ2) is 6.92. The van der Waals surface area contributed by atoms with Gasteiger partial charge in [-0.25, -0.2) is 4.79 Å². The van der Waals surface area contributed by atoms with Gasteiger partial charge in [0.25, 0.3) is 0 Å². The van der Waals surface area contributed by atoms with E-state index in [4.69, 9.17) is 4.74 Å². The van der Waals surface area contributed by atoms with E-state index in [2.05, 4.69) is 27.4 Å². The Morgan fingerprint density at radius 2 is 2.05 bits per heavy atom. The van der Waals surface area contributed by atoms with Crippen molar-refractivity contribution in [3.8, 4) is 0 Å². The molecule has 0 aromatic rings. The van der Waals surface area contributed by atoms with Crippen LogP contribution in [0.2, 0.25) is 0 Å². The predicted molar refractivity (Wildman–Crippen MR) is 84.5 cm³/mol. The van der Waals surface area contributed by atoms with Gasteiger partial charge in [-0.05, 0) is 57.4 Å². The summed E-state index contributed by atoms with van der Waals surface area (Å²) in [6, 6.07) is 0. The van der Waals surface area contributed by atoms with Crippen LogP contribution in [0.5, 0.6) is 0 Å². The number of carbonyl (C=O) groups is 1. The highest BCUT2D eigenvalue weighted by Crippen LogP contribution is 2.42. The van der Waals surface area contributed by atoms with Gasteiger partial charge in [-0.15, -0.1) is 0 Å². The van der Waals surface area contributed by atoms with E-state index in [0.29, 0.717) is 17.6 Å². The van der Waals surface area contributed by atoms with Gasteiger partial charge in [0, 0.05) is 5.57 Å². The van der Waals surface area contributed by atoms with Crippen LogP contribution in [0.15, 0.2) is 34.9 Å². The Morgan fingerprint density at radius 1 is 1.40 bits per heavy atom. The van der Waals surface area contributed by atoms with Crippen molar-refractivity contribution in [1.82, 2.24) is 0 Å². The summed E-state index contributed by atoms with van der Waals surface area (Å²) in [5, 5.41) is 0. The molecule has 0 atom stereocenters. The topological polar surface area (TPSA) is 26.3 Å². The van der Waals surface area contributed by atoms with Crippen LogP contribution in [0.25, 0.3) is 0 Å². The molecule has 0 saturated heterocycles. The lowest BCUT2D eigenvalue weighted by molar-refractivity contribution is -0.138. The molecule has 0 fully saturated rings. The van der Waals surface area contributed by atoms with E-state index in [1.54, 1.807) is 0 Å². The molecule has 0 N–H and O–H groups in total. The van der Waals surface area contributed by atoms with Crippen molar-refractivity contribution in [2.75, 3.05) is 6.61 Å². The summed E-state index contributed by atoms with van der Waals surface area (Å²) in [5.74, 6) is -0.207. The van der Waals surface area contributed by atoms with Gasteiger partial charge in [0.2, 0.25) is 0 Å². The minimum atomic E-state index is -0.207. The number of hydrogen-bond acceptors (Lipinski definition) is 2. The van der Waals surface area contributed by atoms with Gasteiger partial charge in [0.05, 0.1) is 6.61 Å². The van der Waals surface area contributed by atoms with Gasteiger partial charge >= 0.3 is 5.97 Å². The molecule has 1 aliphatic carbocycles. The highest BCUT2D eigenvalue weighted by Gasteiger charge is 2.27. The molecular formula is C18H28O2. The molecule has 0 amide bonds. The lowest BCUT2D eigenvalue weighted by Crippen LogP contribution is -2.19. The van der Waals surface area contributed by atoms with Crippen LogP contribution in [0.3, 0.4) is 0 Å². The number of esters is 1. The third-order valence-electron chi connectivity index (χ3n) is 3.82. The van der Waals surface area contributed by atoms with Crippen molar-refractivity contribution in [2.45, 2.75) is 60.3 Å². The molecule has 0 aromatic heterocycles. The van der Waals surface area contributed by atoms with E-state index in [-0.39, 0.29) is 5.97 Å². The minimum absolute atomic E-state index is 0.207. The van der Waals surface area contributed by atoms with Crippen LogP contribution in [-0.4, -0.2) is 12.6 Å². The SMILES string of the molecule is C=C1CC(C)(C)CC(C)=C1CC/C=C(/C)C(=O)OCC. The van der Waals surface area contributed by atoms with Crippen LogP contribution in [0.1, 0.15) is 60.3 Å². The number of carbonyl (C=O) groups excluding carboxylic acids is 1. The smallest absolute Gasteiger partial charge is 0.333 e. The first-order valence-corrected chi connectivity index (χ1v) is 7.47. The Morgan fingerprint density at radius 3 is 2.60 bits per heavy atom. The molecule has 0 heterocycles. The Kier molecular flexibility index (Phi) is 5.79. The first kappa shape index (κ1) is 16.7. The highest BCUT2D eigenvalue weighted by atomic mass is 16.5. The third-order valence-corrected chi connectivity index (χ3v) is 3.82. The fraction of sp³-hybridized carbons (Fsp3) is 0.611. The van der Waals surface area contributed by atoms with Crippen LogP contribution < -0.4 is 0 Å². The zero-order chi connectivity index (χ0) is 15.3. The van der Waals surface area contributed by atoms with Crippen molar-refractivity contribution in [1.29, 1.82) is 0 Å². The molecule has 2 heteroatoms. The van der Waals surface area contributed by atoms with Crippen molar-refractivity contribution >= 4 is 5.97 Å². The molecule has 0 saturated carbocycles. The van der Waals surface area contributed by atoms with Gasteiger partial charge < -0.3 is 4.74 Å². The first-order valence-electron chi connectivity index (χ1n) is 7.47. The molecule has 0 bridgehead atoms. The molecule has 0 aliphatic heterocycles. The quantitative estimate of drug-likeness (QED) is 0.523. The summed E-state index contributed by atoms with van der Waals surface area (Å²) in [6.07, 6.45) is 6.03. The molecule has 1 rings (SSSR count). The van der Waals surface area contributed by atoms with Crippen molar-refractivity contribution in [3.63, 3.8) is 0 Å². The monoisotopic (exact) mass is 276 g/mol. The Bertz CT molecular complexity index is 450. The molecule has 0 aromatic carbocycles. The average Bonchev–Trinajstić information content (AvgIpc) is 2.31. The normalized spacial score (nSPS) is 19.2. The second-order valence-electron chi connectivity index (χ2n) is 6.53. The Labute approximate surface area is 123 Å². The maximum Gasteiger partial charge on any atom is 0.333 e. The molecule has 2 nitrogen and oxygen atoms in total. The van der Waals surface area contributed by atoms with Crippen molar-refractivity contribution in [2.24, 2.45) is 5.41 Å². The van der Waals surface area contributed by atoms with Gasteiger partial charge in [-0.1, -0.05) is 37.6 Å². The summed E-state index contributed by atoms with van der Waals surface area (Å²) >= 11 is 0. The number of hydrogen-bond donors (Lipinski definition) is 0. The molecular weight excluding hydrogens is 248 g/mol. The maximum atomic E-state index is 11.5.